The predicted molar refractivity (Wildman–Crippen MR) is 74.5 cm³/mol. The first-order valence-corrected chi connectivity index (χ1v) is 6.78. The molecule has 1 aromatic rings. The Morgan fingerprint density at radius 1 is 1.00 bits per heavy atom. The Balaban J connectivity index is 1.94. The van der Waals surface area contributed by atoms with E-state index in [0.717, 1.165) is 17.1 Å². The Morgan fingerprint density at radius 3 is 2.15 bits per heavy atom. The Hall–Kier alpha value is -0.920. The van der Waals surface area contributed by atoms with Crippen LogP contribution in [0.3, 0.4) is 0 Å². The zero-order chi connectivity index (χ0) is 14.6. The molecule has 0 unspecified atom stereocenters. The number of ether oxygens (including phenoxy) is 4. The Bertz CT molecular complexity index is 353. The zero-order valence-corrected chi connectivity index (χ0v) is 12.4. The van der Waals surface area contributed by atoms with Crippen molar-refractivity contribution in [1.82, 2.24) is 0 Å². The van der Waals surface area contributed by atoms with Gasteiger partial charge in [-0.15, -0.1) is 0 Å². The van der Waals surface area contributed by atoms with Gasteiger partial charge < -0.3 is 29.1 Å². The fourth-order valence-corrected chi connectivity index (χ4v) is 1.62. The summed E-state index contributed by atoms with van der Waals surface area (Å²) < 4.78 is 26.4. The highest BCUT2D eigenvalue weighted by Crippen LogP contribution is 2.14. The van der Waals surface area contributed by atoms with E-state index in [9.17, 15) is 0 Å². The Labute approximate surface area is 120 Å². The molecule has 0 aromatic carbocycles. The molecule has 0 aliphatic carbocycles. The average molecular weight is 287 g/mol. The van der Waals surface area contributed by atoms with Gasteiger partial charge in [-0.05, 0) is 13.0 Å². The smallest absolute Gasteiger partial charge is 0.130 e. The van der Waals surface area contributed by atoms with Crippen LogP contribution in [0.2, 0.25) is 0 Å². The maximum atomic E-state index is 5.58. The third-order valence-electron chi connectivity index (χ3n) is 2.71. The van der Waals surface area contributed by atoms with Crippen molar-refractivity contribution >= 4 is 0 Å². The summed E-state index contributed by atoms with van der Waals surface area (Å²) in [6, 6.07) is 1.93. The topological polar surface area (TPSA) is 76.1 Å². The van der Waals surface area contributed by atoms with Gasteiger partial charge in [0.15, 0.2) is 0 Å². The summed E-state index contributed by atoms with van der Waals surface area (Å²) in [6.45, 7) is 6.22. The third kappa shape index (κ3) is 7.02. The van der Waals surface area contributed by atoms with Crippen LogP contribution in [0.4, 0.5) is 0 Å². The second kappa shape index (κ2) is 10.8. The first-order valence-electron chi connectivity index (χ1n) is 6.78. The molecule has 1 rings (SSSR count). The van der Waals surface area contributed by atoms with E-state index in [0.29, 0.717) is 52.8 Å². The molecule has 20 heavy (non-hydrogen) atoms. The average Bonchev–Trinajstić information content (AvgIpc) is 2.81. The van der Waals surface area contributed by atoms with Gasteiger partial charge in [0.2, 0.25) is 0 Å². The van der Waals surface area contributed by atoms with Gasteiger partial charge in [-0.25, -0.2) is 0 Å². The van der Waals surface area contributed by atoms with Gasteiger partial charge in [0.25, 0.3) is 0 Å². The summed E-state index contributed by atoms with van der Waals surface area (Å²) in [5.74, 6) is 1.65. The van der Waals surface area contributed by atoms with Gasteiger partial charge in [0.05, 0.1) is 39.6 Å². The molecule has 0 saturated heterocycles. The van der Waals surface area contributed by atoms with Crippen molar-refractivity contribution in [3.05, 3.63) is 23.2 Å². The summed E-state index contributed by atoms with van der Waals surface area (Å²) >= 11 is 0. The summed E-state index contributed by atoms with van der Waals surface area (Å²) in [5.41, 5.74) is 6.60. The first-order chi connectivity index (χ1) is 9.77. The van der Waals surface area contributed by atoms with Crippen LogP contribution in [0.1, 0.15) is 17.1 Å². The highest BCUT2D eigenvalue weighted by atomic mass is 16.6. The number of hydrogen-bond donors (Lipinski definition) is 1. The van der Waals surface area contributed by atoms with E-state index in [1.807, 2.05) is 13.0 Å². The zero-order valence-electron chi connectivity index (χ0n) is 12.4. The van der Waals surface area contributed by atoms with E-state index in [1.165, 1.54) is 0 Å². The Kier molecular flexibility index (Phi) is 9.27. The largest absolute Gasteiger partial charge is 0.464 e. The number of furan rings is 1. The van der Waals surface area contributed by atoms with Crippen molar-refractivity contribution in [2.75, 3.05) is 46.8 Å². The highest BCUT2D eigenvalue weighted by Gasteiger charge is 2.05. The van der Waals surface area contributed by atoms with E-state index in [-0.39, 0.29) is 0 Å². The molecule has 0 saturated carbocycles. The van der Waals surface area contributed by atoms with Crippen LogP contribution in [0, 0.1) is 6.92 Å². The fraction of sp³-hybridized carbons (Fsp3) is 0.714. The summed E-state index contributed by atoms with van der Waals surface area (Å²) in [4.78, 5) is 0. The number of aryl methyl sites for hydroxylation is 1. The lowest BCUT2D eigenvalue weighted by Gasteiger charge is -2.05. The number of methoxy groups -OCH3 is 1. The molecule has 0 amide bonds. The molecule has 116 valence electrons. The van der Waals surface area contributed by atoms with E-state index in [2.05, 4.69) is 0 Å². The van der Waals surface area contributed by atoms with E-state index < -0.39 is 0 Å². The normalized spacial score (nSPS) is 11.2. The lowest BCUT2D eigenvalue weighted by atomic mass is 10.2. The minimum atomic E-state index is 0.439. The van der Waals surface area contributed by atoms with Crippen molar-refractivity contribution in [2.45, 2.75) is 20.1 Å². The van der Waals surface area contributed by atoms with Gasteiger partial charge in [-0.2, -0.15) is 0 Å². The second-order valence-corrected chi connectivity index (χ2v) is 4.27. The molecule has 0 radical (unpaired) electrons. The molecule has 6 heteroatoms. The van der Waals surface area contributed by atoms with Crippen LogP contribution >= 0.6 is 0 Å². The minimum absolute atomic E-state index is 0.439. The molecule has 0 aliphatic heterocycles. The maximum absolute atomic E-state index is 5.58. The molecule has 0 spiro atoms. The molecule has 0 fully saturated rings. The molecular weight excluding hydrogens is 262 g/mol. The number of nitrogens with two attached hydrogens (primary N) is 1. The van der Waals surface area contributed by atoms with Gasteiger partial charge in [0, 0.05) is 19.2 Å². The van der Waals surface area contributed by atoms with Crippen molar-refractivity contribution in [2.24, 2.45) is 5.73 Å². The van der Waals surface area contributed by atoms with E-state index in [1.54, 1.807) is 7.11 Å². The van der Waals surface area contributed by atoms with Crippen LogP contribution in [0.5, 0.6) is 0 Å². The highest BCUT2D eigenvalue weighted by molar-refractivity contribution is 5.19. The lowest BCUT2D eigenvalue weighted by molar-refractivity contribution is -0.00132. The van der Waals surface area contributed by atoms with Crippen LogP contribution < -0.4 is 5.73 Å². The predicted octanol–water partition coefficient (Wildman–Crippen LogP) is 1.24. The second-order valence-electron chi connectivity index (χ2n) is 4.27. The Morgan fingerprint density at radius 2 is 1.60 bits per heavy atom. The SMILES string of the molecule is COCCOCCOCCOCc1cc(CN)c(C)o1. The summed E-state index contributed by atoms with van der Waals surface area (Å²) in [7, 11) is 1.65. The molecule has 0 aliphatic rings. The van der Waals surface area contributed by atoms with Crippen molar-refractivity contribution < 1.29 is 23.4 Å². The maximum Gasteiger partial charge on any atom is 0.130 e. The van der Waals surface area contributed by atoms with E-state index in [4.69, 9.17) is 29.1 Å². The molecular formula is C14H25NO5. The number of hydrogen-bond acceptors (Lipinski definition) is 6. The van der Waals surface area contributed by atoms with Crippen LogP contribution in [-0.4, -0.2) is 46.8 Å². The van der Waals surface area contributed by atoms with Crippen LogP contribution in [0.15, 0.2) is 10.5 Å². The standard InChI is InChI=1S/C14H25NO5/c1-12-13(10-15)9-14(20-12)11-19-8-7-18-6-5-17-4-3-16-2/h9H,3-8,10-11,15H2,1-2H3. The molecule has 0 atom stereocenters. The monoisotopic (exact) mass is 287 g/mol. The molecule has 0 bridgehead atoms. The van der Waals surface area contributed by atoms with Crippen LogP contribution in [-0.2, 0) is 32.1 Å². The molecule has 6 nitrogen and oxygen atoms in total. The quantitative estimate of drug-likeness (QED) is 0.583. The first kappa shape index (κ1) is 17.1. The van der Waals surface area contributed by atoms with Gasteiger partial charge in [-0.1, -0.05) is 0 Å². The minimum Gasteiger partial charge on any atom is -0.464 e. The number of rotatable bonds is 12. The van der Waals surface area contributed by atoms with Gasteiger partial charge >= 0.3 is 0 Å². The molecule has 1 aromatic heterocycles. The van der Waals surface area contributed by atoms with Crippen molar-refractivity contribution in [3.8, 4) is 0 Å². The lowest BCUT2D eigenvalue weighted by Crippen LogP contribution is -2.11. The van der Waals surface area contributed by atoms with Crippen molar-refractivity contribution in [1.29, 1.82) is 0 Å². The molecule has 1 heterocycles. The van der Waals surface area contributed by atoms with E-state index >= 15 is 0 Å². The van der Waals surface area contributed by atoms with Gasteiger partial charge in [-0.3, -0.25) is 0 Å². The third-order valence-corrected chi connectivity index (χ3v) is 2.71. The van der Waals surface area contributed by atoms with Crippen LogP contribution in [0.25, 0.3) is 0 Å². The van der Waals surface area contributed by atoms with Gasteiger partial charge in [0.1, 0.15) is 18.1 Å². The molecule has 2 N–H and O–H groups in total. The summed E-state index contributed by atoms with van der Waals surface area (Å²) in [6.07, 6.45) is 0. The summed E-state index contributed by atoms with van der Waals surface area (Å²) in [5, 5.41) is 0. The van der Waals surface area contributed by atoms with Crippen molar-refractivity contribution in [3.63, 3.8) is 0 Å². The fourth-order valence-electron chi connectivity index (χ4n) is 1.62.